The maximum absolute atomic E-state index is 13.0. The van der Waals surface area contributed by atoms with Crippen molar-refractivity contribution < 1.29 is 13.2 Å². The summed E-state index contributed by atoms with van der Waals surface area (Å²) in [6, 6.07) is 4.93. The molecule has 1 aliphatic heterocycles. The Labute approximate surface area is 177 Å². The van der Waals surface area contributed by atoms with Crippen molar-refractivity contribution in [3.05, 3.63) is 39.3 Å². The first-order valence-corrected chi connectivity index (χ1v) is 12.2. The van der Waals surface area contributed by atoms with E-state index in [4.69, 9.17) is 0 Å². The van der Waals surface area contributed by atoms with Gasteiger partial charge in [0.25, 0.3) is 5.91 Å². The lowest BCUT2D eigenvalue weighted by atomic mass is 9.98. The molecule has 158 valence electrons. The molecule has 0 spiro atoms. The molecule has 1 amide bonds. The van der Waals surface area contributed by atoms with Gasteiger partial charge in [-0.1, -0.05) is 33.3 Å². The van der Waals surface area contributed by atoms with Gasteiger partial charge >= 0.3 is 0 Å². The molecular formula is C21H29N3O3S2. The lowest BCUT2D eigenvalue weighted by Crippen LogP contribution is -2.35. The number of hydrogen-bond donors (Lipinski definition) is 1. The van der Waals surface area contributed by atoms with Crippen molar-refractivity contribution >= 4 is 33.0 Å². The first-order valence-electron chi connectivity index (χ1n) is 9.90. The molecule has 1 saturated heterocycles. The zero-order valence-corrected chi connectivity index (χ0v) is 19.3. The number of aryl methyl sites for hydroxylation is 2. The van der Waals surface area contributed by atoms with E-state index in [1.54, 1.807) is 18.2 Å². The Kier molecular flexibility index (Phi) is 6.17. The van der Waals surface area contributed by atoms with Gasteiger partial charge in [-0.05, 0) is 44.4 Å². The highest BCUT2D eigenvalue weighted by Gasteiger charge is 2.27. The highest BCUT2D eigenvalue weighted by Crippen LogP contribution is 2.30. The second-order valence-corrected chi connectivity index (χ2v) is 11.5. The predicted octanol–water partition coefficient (Wildman–Crippen LogP) is 4.48. The lowest BCUT2D eigenvalue weighted by Gasteiger charge is -2.26. The fraction of sp³-hybridized carbons (Fsp3) is 0.524. The summed E-state index contributed by atoms with van der Waals surface area (Å²) in [7, 11) is -3.55. The Morgan fingerprint density at radius 1 is 1.14 bits per heavy atom. The average Bonchev–Trinajstić information content (AvgIpc) is 3.06. The molecule has 0 bridgehead atoms. The smallest absolute Gasteiger partial charge is 0.267 e. The first kappa shape index (κ1) is 21.9. The second kappa shape index (κ2) is 8.16. The number of piperidine rings is 1. The SMILES string of the molecule is Cc1ccc(S(=O)(=O)N2CCCCC2)cc1NC(=O)c1sc(C(C)(C)C)nc1C. The Hall–Kier alpha value is -1.77. The number of carbonyl (C=O) groups excluding carboxylic acids is 1. The first-order chi connectivity index (χ1) is 13.5. The van der Waals surface area contributed by atoms with Crippen molar-refractivity contribution in [3.63, 3.8) is 0 Å². The fourth-order valence-electron chi connectivity index (χ4n) is 3.26. The van der Waals surface area contributed by atoms with Gasteiger partial charge in [0.15, 0.2) is 0 Å². The van der Waals surface area contributed by atoms with Gasteiger partial charge in [-0.2, -0.15) is 4.31 Å². The maximum Gasteiger partial charge on any atom is 0.267 e. The van der Waals surface area contributed by atoms with Crippen molar-refractivity contribution in [2.45, 2.75) is 64.2 Å². The molecule has 1 fully saturated rings. The number of aromatic nitrogens is 1. The van der Waals surface area contributed by atoms with E-state index in [1.807, 2.05) is 13.8 Å². The van der Waals surface area contributed by atoms with Crippen LogP contribution in [0.2, 0.25) is 0 Å². The van der Waals surface area contributed by atoms with Gasteiger partial charge in [0.2, 0.25) is 10.0 Å². The van der Waals surface area contributed by atoms with Crippen molar-refractivity contribution in [3.8, 4) is 0 Å². The molecule has 0 unspecified atom stereocenters. The summed E-state index contributed by atoms with van der Waals surface area (Å²) in [5.74, 6) is -0.258. The van der Waals surface area contributed by atoms with E-state index in [0.717, 1.165) is 29.8 Å². The van der Waals surface area contributed by atoms with Crippen LogP contribution in [0.5, 0.6) is 0 Å². The molecular weight excluding hydrogens is 406 g/mol. The molecule has 3 rings (SSSR count). The molecule has 29 heavy (non-hydrogen) atoms. The number of thiazole rings is 1. The van der Waals surface area contributed by atoms with Gasteiger partial charge in [0.05, 0.1) is 15.6 Å². The third-order valence-corrected chi connectivity index (χ3v) is 8.53. The monoisotopic (exact) mass is 435 g/mol. The predicted molar refractivity (Wildman–Crippen MR) is 117 cm³/mol. The van der Waals surface area contributed by atoms with Crippen LogP contribution in [0.3, 0.4) is 0 Å². The Balaban J connectivity index is 1.87. The van der Waals surface area contributed by atoms with Crippen LogP contribution in [0.25, 0.3) is 0 Å². The van der Waals surface area contributed by atoms with Crippen LogP contribution in [-0.4, -0.2) is 36.7 Å². The van der Waals surface area contributed by atoms with E-state index in [-0.39, 0.29) is 16.2 Å². The summed E-state index contributed by atoms with van der Waals surface area (Å²) < 4.78 is 27.5. The number of carbonyl (C=O) groups is 1. The molecule has 6 nitrogen and oxygen atoms in total. The lowest BCUT2D eigenvalue weighted by molar-refractivity contribution is 0.102. The topological polar surface area (TPSA) is 79.4 Å². The molecule has 0 radical (unpaired) electrons. The third kappa shape index (κ3) is 4.70. The quantitative estimate of drug-likeness (QED) is 0.768. The zero-order valence-electron chi connectivity index (χ0n) is 17.7. The number of anilines is 1. The van der Waals surface area contributed by atoms with Crippen LogP contribution in [0, 0.1) is 13.8 Å². The van der Waals surface area contributed by atoms with E-state index in [2.05, 4.69) is 31.1 Å². The van der Waals surface area contributed by atoms with E-state index in [0.29, 0.717) is 29.3 Å². The number of rotatable bonds is 4. The fourth-order valence-corrected chi connectivity index (χ4v) is 5.82. The molecule has 1 aromatic carbocycles. The van der Waals surface area contributed by atoms with E-state index in [1.165, 1.54) is 15.6 Å². The molecule has 1 aromatic heterocycles. The maximum atomic E-state index is 13.0. The molecule has 8 heteroatoms. The highest BCUT2D eigenvalue weighted by atomic mass is 32.2. The summed E-state index contributed by atoms with van der Waals surface area (Å²) >= 11 is 1.38. The number of benzene rings is 1. The summed E-state index contributed by atoms with van der Waals surface area (Å²) in [6.07, 6.45) is 2.83. The Morgan fingerprint density at radius 3 is 2.38 bits per heavy atom. The standard InChI is InChI=1S/C21H29N3O3S2/c1-14-9-10-16(29(26,27)24-11-7-6-8-12-24)13-17(14)23-19(25)18-15(2)22-20(28-18)21(3,4)5/h9-10,13H,6-8,11-12H2,1-5H3,(H,23,25). The van der Waals surface area contributed by atoms with Gasteiger partial charge in [-0.3, -0.25) is 4.79 Å². The highest BCUT2D eigenvalue weighted by molar-refractivity contribution is 7.89. The third-order valence-electron chi connectivity index (χ3n) is 5.05. The average molecular weight is 436 g/mol. The van der Waals surface area contributed by atoms with Crippen LogP contribution in [-0.2, 0) is 15.4 Å². The van der Waals surface area contributed by atoms with Crippen molar-refractivity contribution in [1.82, 2.24) is 9.29 Å². The molecule has 1 N–H and O–H groups in total. The molecule has 1 aliphatic rings. The summed E-state index contributed by atoms with van der Waals surface area (Å²) in [6.45, 7) is 11.0. The Morgan fingerprint density at radius 2 is 1.79 bits per heavy atom. The summed E-state index contributed by atoms with van der Waals surface area (Å²) in [4.78, 5) is 18.2. The van der Waals surface area contributed by atoms with E-state index in [9.17, 15) is 13.2 Å². The minimum absolute atomic E-state index is 0.133. The van der Waals surface area contributed by atoms with Crippen molar-refractivity contribution in [2.75, 3.05) is 18.4 Å². The van der Waals surface area contributed by atoms with Gasteiger partial charge in [0, 0.05) is 24.2 Å². The normalized spacial score (nSPS) is 16.0. The van der Waals surface area contributed by atoms with Gasteiger partial charge in [-0.15, -0.1) is 11.3 Å². The molecule has 0 atom stereocenters. The van der Waals surface area contributed by atoms with Gasteiger partial charge in [-0.25, -0.2) is 13.4 Å². The number of nitrogens with zero attached hydrogens (tertiary/aromatic N) is 2. The van der Waals surface area contributed by atoms with E-state index < -0.39 is 10.0 Å². The van der Waals surface area contributed by atoms with Crippen molar-refractivity contribution in [2.24, 2.45) is 0 Å². The molecule has 0 saturated carbocycles. The van der Waals surface area contributed by atoms with Crippen LogP contribution in [0.1, 0.15) is 66.0 Å². The number of sulfonamides is 1. The van der Waals surface area contributed by atoms with Crippen molar-refractivity contribution in [1.29, 1.82) is 0 Å². The zero-order chi connectivity index (χ0) is 21.4. The van der Waals surface area contributed by atoms with E-state index >= 15 is 0 Å². The van der Waals surface area contributed by atoms with Gasteiger partial charge < -0.3 is 5.32 Å². The minimum atomic E-state index is -3.55. The molecule has 2 aromatic rings. The molecule has 0 aliphatic carbocycles. The van der Waals surface area contributed by atoms with Gasteiger partial charge in [0.1, 0.15) is 4.88 Å². The second-order valence-electron chi connectivity index (χ2n) is 8.58. The Bertz CT molecular complexity index is 1010. The minimum Gasteiger partial charge on any atom is -0.321 e. The number of amides is 1. The van der Waals surface area contributed by atoms with Crippen LogP contribution in [0.4, 0.5) is 5.69 Å². The van der Waals surface area contributed by atoms with Crippen LogP contribution in [0.15, 0.2) is 23.1 Å². The van der Waals surface area contributed by atoms with Crippen LogP contribution < -0.4 is 5.32 Å². The summed E-state index contributed by atoms with van der Waals surface area (Å²) in [5.41, 5.74) is 1.88. The summed E-state index contributed by atoms with van der Waals surface area (Å²) in [5, 5.41) is 3.80. The number of hydrogen-bond acceptors (Lipinski definition) is 5. The largest absolute Gasteiger partial charge is 0.321 e. The molecule has 2 heterocycles. The number of nitrogens with one attached hydrogen (secondary N) is 1. The van der Waals surface area contributed by atoms with Crippen LogP contribution >= 0.6 is 11.3 Å².